The fourth-order valence-corrected chi connectivity index (χ4v) is 1.83. The van der Waals surface area contributed by atoms with Crippen molar-refractivity contribution in [3.05, 3.63) is 47.8 Å². The van der Waals surface area contributed by atoms with Gasteiger partial charge in [-0.3, -0.25) is 4.68 Å². The van der Waals surface area contributed by atoms with Gasteiger partial charge in [0.2, 0.25) is 0 Å². The predicted molar refractivity (Wildman–Crippen MR) is 75.0 cm³/mol. The molecular weight excluding hydrogens is 240 g/mol. The number of rotatable bonds is 3. The van der Waals surface area contributed by atoms with Crippen LogP contribution in [0.3, 0.4) is 0 Å². The molecule has 0 aliphatic carbocycles. The number of nitrogens with one attached hydrogen (secondary N) is 2. The van der Waals surface area contributed by atoms with Crippen molar-refractivity contribution >= 4 is 11.7 Å². The zero-order valence-electron chi connectivity index (χ0n) is 11.3. The molecule has 5 nitrogen and oxygen atoms in total. The summed E-state index contributed by atoms with van der Waals surface area (Å²) in [6, 6.07) is 7.38. The van der Waals surface area contributed by atoms with E-state index in [1.165, 1.54) is 0 Å². The molecule has 19 heavy (non-hydrogen) atoms. The highest BCUT2D eigenvalue weighted by atomic mass is 16.2. The van der Waals surface area contributed by atoms with Crippen molar-refractivity contribution in [1.29, 1.82) is 0 Å². The SMILES string of the molecule is Cc1cccc(NC(=O)NC(C)c2cnn(C)c2)c1. The Hall–Kier alpha value is -2.30. The number of carbonyl (C=O) groups excluding carboxylic acids is 1. The van der Waals surface area contributed by atoms with E-state index in [4.69, 9.17) is 0 Å². The van der Waals surface area contributed by atoms with Gasteiger partial charge in [0.1, 0.15) is 0 Å². The minimum Gasteiger partial charge on any atom is -0.331 e. The van der Waals surface area contributed by atoms with Crippen molar-refractivity contribution in [3.63, 3.8) is 0 Å². The number of benzene rings is 1. The predicted octanol–water partition coefficient (Wildman–Crippen LogP) is 2.61. The number of nitrogens with zero attached hydrogens (tertiary/aromatic N) is 2. The number of hydrogen-bond donors (Lipinski definition) is 2. The molecule has 0 aliphatic rings. The van der Waals surface area contributed by atoms with E-state index in [-0.39, 0.29) is 12.1 Å². The normalized spacial score (nSPS) is 11.9. The monoisotopic (exact) mass is 258 g/mol. The molecule has 0 saturated carbocycles. The lowest BCUT2D eigenvalue weighted by Gasteiger charge is -2.13. The number of aromatic nitrogens is 2. The summed E-state index contributed by atoms with van der Waals surface area (Å²) in [6.07, 6.45) is 3.63. The lowest BCUT2D eigenvalue weighted by molar-refractivity contribution is 0.249. The van der Waals surface area contributed by atoms with Crippen LogP contribution in [0.15, 0.2) is 36.7 Å². The molecule has 1 atom stereocenters. The second-order valence-corrected chi connectivity index (χ2v) is 4.64. The van der Waals surface area contributed by atoms with E-state index in [0.717, 1.165) is 16.8 Å². The first-order valence-electron chi connectivity index (χ1n) is 6.17. The van der Waals surface area contributed by atoms with Gasteiger partial charge in [0.25, 0.3) is 0 Å². The third-order valence-electron chi connectivity index (χ3n) is 2.85. The van der Waals surface area contributed by atoms with Gasteiger partial charge in [-0.05, 0) is 31.5 Å². The first-order valence-corrected chi connectivity index (χ1v) is 6.17. The van der Waals surface area contributed by atoms with Gasteiger partial charge in [-0.2, -0.15) is 5.10 Å². The summed E-state index contributed by atoms with van der Waals surface area (Å²) in [5.74, 6) is 0. The zero-order valence-corrected chi connectivity index (χ0v) is 11.3. The van der Waals surface area contributed by atoms with E-state index in [1.54, 1.807) is 10.9 Å². The van der Waals surface area contributed by atoms with E-state index >= 15 is 0 Å². The molecule has 0 saturated heterocycles. The Labute approximate surface area is 112 Å². The number of carbonyl (C=O) groups is 1. The topological polar surface area (TPSA) is 59.0 Å². The molecule has 2 aromatic rings. The Morgan fingerprint density at radius 2 is 2.21 bits per heavy atom. The quantitative estimate of drug-likeness (QED) is 0.889. The Morgan fingerprint density at radius 3 is 2.84 bits per heavy atom. The summed E-state index contributed by atoms with van der Waals surface area (Å²) < 4.78 is 1.71. The van der Waals surface area contributed by atoms with Gasteiger partial charge in [0.15, 0.2) is 0 Å². The van der Waals surface area contributed by atoms with Gasteiger partial charge in [0, 0.05) is 24.5 Å². The van der Waals surface area contributed by atoms with Crippen molar-refractivity contribution in [1.82, 2.24) is 15.1 Å². The Balaban J connectivity index is 1.94. The number of aryl methyl sites for hydroxylation is 2. The summed E-state index contributed by atoms with van der Waals surface area (Å²) >= 11 is 0. The van der Waals surface area contributed by atoms with Crippen LogP contribution in [-0.4, -0.2) is 15.8 Å². The molecule has 0 fully saturated rings. The average molecular weight is 258 g/mol. The number of hydrogen-bond acceptors (Lipinski definition) is 2. The second kappa shape index (κ2) is 5.56. The summed E-state index contributed by atoms with van der Waals surface area (Å²) in [6.45, 7) is 3.91. The van der Waals surface area contributed by atoms with Gasteiger partial charge >= 0.3 is 6.03 Å². The van der Waals surface area contributed by atoms with Crippen LogP contribution in [0.25, 0.3) is 0 Å². The molecule has 1 unspecified atom stereocenters. The van der Waals surface area contributed by atoms with Gasteiger partial charge in [0.05, 0.1) is 12.2 Å². The van der Waals surface area contributed by atoms with Crippen LogP contribution in [0.4, 0.5) is 10.5 Å². The summed E-state index contributed by atoms with van der Waals surface area (Å²) in [5, 5.41) is 9.77. The highest BCUT2D eigenvalue weighted by Gasteiger charge is 2.10. The minimum absolute atomic E-state index is 0.0847. The molecule has 0 aliphatic heterocycles. The van der Waals surface area contributed by atoms with Crippen LogP contribution in [0.5, 0.6) is 0 Å². The first-order chi connectivity index (χ1) is 9.04. The van der Waals surface area contributed by atoms with Crippen LogP contribution in [0.1, 0.15) is 24.1 Å². The Bertz CT molecular complexity index is 576. The van der Waals surface area contributed by atoms with Gasteiger partial charge in [-0.15, -0.1) is 0 Å². The van der Waals surface area contributed by atoms with Crippen LogP contribution < -0.4 is 10.6 Å². The standard InChI is InChI=1S/C14H18N4O/c1-10-5-4-6-13(7-10)17-14(19)16-11(2)12-8-15-18(3)9-12/h4-9,11H,1-3H3,(H2,16,17,19). The number of amides is 2. The third kappa shape index (κ3) is 3.58. The molecule has 2 amide bonds. The molecule has 0 spiro atoms. The van der Waals surface area contributed by atoms with E-state index in [0.29, 0.717) is 0 Å². The number of urea groups is 1. The molecule has 1 aromatic carbocycles. The highest BCUT2D eigenvalue weighted by molar-refractivity contribution is 5.89. The van der Waals surface area contributed by atoms with Gasteiger partial charge < -0.3 is 10.6 Å². The maximum atomic E-state index is 11.9. The fourth-order valence-electron chi connectivity index (χ4n) is 1.83. The molecule has 5 heteroatoms. The molecular formula is C14H18N4O. The molecule has 2 N–H and O–H groups in total. The van der Waals surface area contributed by atoms with Crippen molar-refractivity contribution in [2.45, 2.75) is 19.9 Å². The minimum atomic E-state index is -0.220. The van der Waals surface area contributed by atoms with E-state index in [9.17, 15) is 4.79 Å². The molecule has 0 bridgehead atoms. The average Bonchev–Trinajstić information content (AvgIpc) is 2.75. The lowest BCUT2D eigenvalue weighted by Crippen LogP contribution is -2.31. The van der Waals surface area contributed by atoms with Crippen LogP contribution >= 0.6 is 0 Å². The molecule has 2 rings (SSSR count). The van der Waals surface area contributed by atoms with Gasteiger partial charge in [-0.1, -0.05) is 12.1 Å². The first kappa shape index (κ1) is 13.1. The third-order valence-corrected chi connectivity index (χ3v) is 2.85. The number of anilines is 1. The van der Waals surface area contributed by atoms with Crippen molar-refractivity contribution in [3.8, 4) is 0 Å². The summed E-state index contributed by atoms with van der Waals surface area (Å²) in [4.78, 5) is 11.9. The van der Waals surface area contributed by atoms with E-state index in [2.05, 4.69) is 15.7 Å². The van der Waals surface area contributed by atoms with Crippen molar-refractivity contribution in [2.75, 3.05) is 5.32 Å². The van der Waals surface area contributed by atoms with Crippen molar-refractivity contribution in [2.24, 2.45) is 7.05 Å². The van der Waals surface area contributed by atoms with Crippen LogP contribution in [0.2, 0.25) is 0 Å². The molecule has 1 heterocycles. The summed E-state index contributed by atoms with van der Waals surface area (Å²) in [5.41, 5.74) is 2.87. The summed E-state index contributed by atoms with van der Waals surface area (Å²) in [7, 11) is 1.85. The zero-order chi connectivity index (χ0) is 13.8. The molecule has 0 radical (unpaired) electrons. The van der Waals surface area contributed by atoms with Gasteiger partial charge in [-0.25, -0.2) is 4.79 Å². The van der Waals surface area contributed by atoms with E-state index < -0.39 is 0 Å². The molecule has 1 aromatic heterocycles. The smallest absolute Gasteiger partial charge is 0.319 e. The Kier molecular flexibility index (Phi) is 3.85. The molecule has 100 valence electrons. The van der Waals surface area contributed by atoms with Crippen LogP contribution in [0, 0.1) is 6.92 Å². The largest absolute Gasteiger partial charge is 0.331 e. The van der Waals surface area contributed by atoms with E-state index in [1.807, 2.05) is 51.4 Å². The fraction of sp³-hybridized carbons (Fsp3) is 0.286. The maximum absolute atomic E-state index is 11.9. The second-order valence-electron chi connectivity index (χ2n) is 4.64. The van der Waals surface area contributed by atoms with Crippen LogP contribution in [-0.2, 0) is 7.05 Å². The lowest BCUT2D eigenvalue weighted by atomic mass is 10.2. The maximum Gasteiger partial charge on any atom is 0.319 e. The Morgan fingerprint density at radius 1 is 1.42 bits per heavy atom. The van der Waals surface area contributed by atoms with Crippen molar-refractivity contribution < 1.29 is 4.79 Å². The highest BCUT2D eigenvalue weighted by Crippen LogP contribution is 2.12.